The summed E-state index contributed by atoms with van der Waals surface area (Å²) >= 11 is 6.03. The highest BCUT2D eigenvalue weighted by Gasteiger charge is 2.30. The Morgan fingerprint density at radius 1 is 1.15 bits per heavy atom. The third-order valence-electron chi connectivity index (χ3n) is 4.86. The molecule has 1 aromatic heterocycles. The fraction of sp³-hybridized carbons (Fsp3) is 0.368. The third-order valence-corrected chi connectivity index (χ3v) is 5.10. The number of hydrogen-bond donors (Lipinski definition) is 0. The predicted octanol–water partition coefficient (Wildman–Crippen LogP) is 2.88. The van der Waals surface area contributed by atoms with Crippen LogP contribution in [0.5, 0.6) is 11.6 Å². The summed E-state index contributed by atoms with van der Waals surface area (Å²) in [5.41, 5.74) is 1.81. The topological polar surface area (TPSA) is 58.1 Å². The molecule has 7 nitrogen and oxygen atoms in total. The quantitative estimate of drug-likeness (QED) is 0.791. The highest BCUT2D eigenvalue weighted by molar-refractivity contribution is 6.30. The minimum Gasteiger partial charge on any atom is -0.489 e. The van der Waals surface area contributed by atoms with Crippen LogP contribution in [-0.2, 0) is 0 Å². The number of anilines is 2. The van der Waals surface area contributed by atoms with Crippen molar-refractivity contribution in [1.29, 1.82) is 0 Å². The van der Waals surface area contributed by atoms with E-state index in [4.69, 9.17) is 21.1 Å². The molecule has 1 saturated heterocycles. The van der Waals surface area contributed by atoms with Gasteiger partial charge in [0.2, 0.25) is 5.88 Å². The number of piperazine rings is 1. The highest BCUT2D eigenvalue weighted by atomic mass is 35.5. The van der Waals surface area contributed by atoms with Crippen LogP contribution in [-0.4, -0.2) is 62.4 Å². The van der Waals surface area contributed by atoms with Gasteiger partial charge in [-0.3, -0.25) is 4.90 Å². The first-order valence-corrected chi connectivity index (χ1v) is 9.27. The van der Waals surface area contributed by atoms with Crippen LogP contribution in [0.2, 0.25) is 5.02 Å². The lowest BCUT2D eigenvalue weighted by atomic mass is 10.2. The number of benzene rings is 1. The van der Waals surface area contributed by atoms with Gasteiger partial charge in [0.15, 0.2) is 0 Å². The normalized spacial score (nSPS) is 16.6. The standard InChI is InChI=1S/C19H21ClN4O3/c1-26-18-5-3-15(13-21-18)22-6-8-23(9-7-22)19(25)24-10-11-27-17-12-14(20)2-4-16(17)24/h2-5,12-13H,6-11H2,1H3. The van der Waals surface area contributed by atoms with Crippen molar-refractivity contribution in [2.45, 2.75) is 0 Å². The first kappa shape index (κ1) is 17.7. The van der Waals surface area contributed by atoms with Crippen molar-refractivity contribution in [3.63, 3.8) is 0 Å². The van der Waals surface area contributed by atoms with Gasteiger partial charge in [-0.25, -0.2) is 9.78 Å². The summed E-state index contributed by atoms with van der Waals surface area (Å²) in [6.07, 6.45) is 1.80. The summed E-state index contributed by atoms with van der Waals surface area (Å²) in [7, 11) is 1.60. The summed E-state index contributed by atoms with van der Waals surface area (Å²) in [5, 5.41) is 0.602. The fourth-order valence-corrected chi connectivity index (χ4v) is 3.56. The Labute approximate surface area is 163 Å². The van der Waals surface area contributed by atoms with Crippen LogP contribution >= 0.6 is 11.6 Å². The molecule has 2 aliphatic rings. The fourth-order valence-electron chi connectivity index (χ4n) is 3.40. The van der Waals surface area contributed by atoms with Gasteiger partial charge in [0.05, 0.1) is 31.2 Å². The molecule has 0 aliphatic carbocycles. The van der Waals surface area contributed by atoms with E-state index in [-0.39, 0.29) is 6.03 Å². The van der Waals surface area contributed by atoms with E-state index in [0.29, 0.717) is 42.9 Å². The van der Waals surface area contributed by atoms with Crippen LogP contribution in [0.15, 0.2) is 36.5 Å². The third kappa shape index (κ3) is 3.60. The van der Waals surface area contributed by atoms with Crippen LogP contribution in [0.1, 0.15) is 0 Å². The van der Waals surface area contributed by atoms with E-state index >= 15 is 0 Å². The Balaban J connectivity index is 1.42. The maximum Gasteiger partial charge on any atom is 0.324 e. The second-order valence-electron chi connectivity index (χ2n) is 6.43. The molecule has 1 aromatic carbocycles. The summed E-state index contributed by atoms with van der Waals surface area (Å²) in [6.45, 7) is 3.85. The Bertz CT molecular complexity index is 822. The largest absolute Gasteiger partial charge is 0.489 e. The second-order valence-corrected chi connectivity index (χ2v) is 6.86. The van der Waals surface area contributed by atoms with E-state index in [1.54, 1.807) is 30.3 Å². The van der Waals surface area contributed by atoms with Crippen molar-refractivity contribution in [2.75, 3.05) is 56.2 Å². The van der Waals surface area contributed by atoms with Crippen LogP contribution in [0, 0.1) is 0 Å². The molecule has 1 fully saturated rings. The van der Waals surface area contributed by atoms with Gasteiger partial charge in [-0.2, -0.15) is 0 Å². The molecule has 8 heteroatoms. The van der Waals surface area contributed by atoms with Crippen molar-refractivity contribution < 1.29 is 14.3 Å². The maximum absolute atomic E-state index is 13.0. The van der Waals surface area contributed by atoms with Gasteiger partial charge in [-0.05, 0) is 18.2 Å². The molecule has 2 amide bonds. The van der Waals surface area contributed by atoms with E-state index in [2.05, 4.69) is 9.88 Å². The second kappa shape index (κ2) is 7.52. The number of methoxy groups -OCH3 is 1. The number of halogens is 1. The van der Waals surface area contributed by atoms with Gasteiger partial charge in [-0.15, -0.1) is 0 Å². The van der Waals surface area contributed by atoms with Gasteiger partial charge < -0.3 is 19.3 Å². The smallest absolute Gasteiger partial charge is 0.324 e. The molecule has 0 atom stereocenters. The van der Waals surface area contributed by atoms with E-state index in [9.17, 15) is 4.79 Å². The SMILES string of the molecule is COc1ccc(N2CCN(C(=O)N3CCOc4cc(Cl)ccc43)CC2)cn1. The van der Waals surface area contributed by atoms with Crippen LogP contribution in [0.3, 0.4) is 0 Å². The van der Waals surface area contributed by atoms with E-state index in [0.717, 1.165) is 24.5 Å². The summed E-state index contributed by atoms with van der Waals surface area (Å²) in [4.78, 5) is 23.2. The van der Waals surface area contributed by atoms with Crippen molar-refractivity contribution in [3.8, 4) is 11.6 Å². The van der Waals surface area contributed by atoms with Gasteiger partial charge in [-0.1, -0.05) is 11.6 Å². The highest BCUT2D eigenvalue weighted by Crippen LogP contribution is 2.34. The first-order valence-electron chi connectivity index (χ1n) is 8.89. The lowest BCUT2D eigenvalue weighted by Crippen LogP contribution is -2.54. The molecule has 0 saturated carbocycles. The summed E-state index contributed by atoms with van der Waals surface area (Å²) in [5.74, 6) is 1.25. The molecule has 0 bridgehead atoms. The monoisotopic (exact) mass is 388 g/mol. The number of fused-ring (bicyclic) bond motifs is 1. The number of rotatable bonds is 2. The molecule has 0 radical (unpaired) electrons. The Hall–Kier alpha value is -2.67. The lowest BCUT2D eigenvalue weighted by molar-refractivity contribution is 0.196. The zero-order valence-corrected chi connectivity index (χ0v) is 15.9. The number of aromatic nitrogens is 1. The number of carbonyl (C=O) groups is 1. The van der Waals surface area contributed by atoms with Crippen molar-refractivity contribution in [2.24, 2.45) is 0 Å². The lowest BCUT2D eigenvalue weighted by Gasteiger charge is -2.39. The minimum atomic E-state index is 0.00868. The molecule has 0 unspecified atom stereocenters. The minimum absolute atomic E-state index is 0.00868. The predicted molar refractivity (Wildman–Crippen MR) is 104 cm³/mol. The zero-order valence-electron chi connectivity index (χ0n) is 15.1. The molecule has 0 N–H and O–H groups in total. The van der Waals surface area contributed by atoms with Crippen LogP contribution in [0.25, 0.3) is 0 Å². The first-order chi connectivity index (χ1) is 13.2. The van der Waals surface area contributed by atoms with Crippen molar-refractivity contribution in [1.82, 2.24) is 9.88 Å². The van der Waals surface area contributed by atoms with Crippen molar-refractivity contribution >= 4 is 29.0 Å². The molecular formula is C19H21ClN4O3. The number of amides is 2. The Kier molecular flexibility index (Phi) is 4.94. The molecule has 142 valence electrons. The summed E-state index contributed by atoms with van der Waals surface area (Å²) in [6, 6.07) is 9.23. The number of hydrogen-bond acceptors (Lipinski definition) is 5. The summed E-state index contributed by atoms with van der Waals surface area (Å²) < 4.78 is 10.7. The van der Waals surface area contributed by atoms with Crippen LogP contribution < -0.4 is 19.3 Å². The molecular weight excluding hydrogens is 368 g/mol. The molecule has 0 spiro atoms. The van der Waals surface area contributed by atoms with Gasteiger partial charge in [0, 0.05) is 43.3 Å². The number of pyridine rings is 1. The molecule has 3 heterocycles. The van der Waals surface area contributed by atoms with Gasteiger partial charge in [0.1, 0.15) is 12.4 Å². The Morgan fingerprint density at radius 3 is 2.67 bits per heavy atom. The average molecular weight is 389 g/mol. The van der Waals surface area contributed by atoms with E-state index < -0.39 is 0 Å². The van der Waals surface area contributed by atoms with E-state index in [1.807, 2.05) is 23.1 Å². The van der Waals surface area contributed by atoms with E-state index in [1.165, 1.54) is 0 Å². The molecule has 2 aliphatic heterocycles. The van der Waals surface area contributed by atoms with Gasteiger partial charge >= 0.3 is 6.03 Å². The molecule has 2 aromatic rings. The maximum atomic E-state index is 13.0. The molecule has 27 heavy (non-hydrogen) atoms. The van der Waals surface area contributed by atoms with Gasteiger partial charge in [0.25, 0.3) is 0 Å². The number of ether oxygens (including phenoxy) is 2. The number of urea groups is 1. The average Bonchev–Trinajstić information content (AvgIpc) is 2.73. The number of nitrogens with zero attached hydrogens (tertiary/aromatic N) is 4. The zero-order chi connectivity index (χ0) is 18.8. The molecule has 4 rings (SSSR count). The van der Waals surface area contributed by atoms with Crippen LogP contribution in [0.4, 0.5) is 16.2 Å². The Morgan fingerprint density at radius 2 is 1.96 bits per heavy atom. The van der Waals surface area contributed by atoms with Crippen molar-refractivity contribution in [3.05, 3.63) is 41.6 Å². The number of carbonyl (C=O) groups excluding carboxylic acids is 1.